The van der Waals surface area contributed by atoms with Crippen molar-refractivity contribution in [1.29, 1.82) is 0 Å². The molecule has 0 saturated heterocycles. The van der Waals surface area contributed by atoms with E-state index in [2.05, 4.69) is 40.3 Å². The van der Waals surface area contributed by atoms with Crippen molar-refractivity contribution >= 4 is 22.1 Å². The predicted octanol–water partition coefficient (Wildman–Crippen LogP) is 2.03. The molecule has 14 heavy (non-hydrogen) atoms. The van der Waals surface area contributed by atoms with Crippen LogP contribution in [0, 0.1) is 0 Å². The quantitative estimate of drug-likeness (QED) is 0.301. The third-order valence-electron chi connectivity index (χ3n) is 1.70. The second kappa shape index (κ2) is 8.77. The Kier molecular flexibility index (Phi) is 9.07. The van der Waals surface area contributed by atoms with E-state index in [9.17, 15) is 0 Å². The molecular formula is C10H24O2SSi. The van der Waals surface area contributed by atoms with Gasteiger partial charge in [0.1, 0.15) is 5.91 Å². The zero-order valence-corrected chi connectivity index (χ0v) is 12.1. The molecule has 0 atom stereocenters. The minimum atomic E-state index is -0.265. The molecule has 0 amide bonds. The lowest BCUT2D eigenvalue weighted by Gasteiger charge is -2.22. The van der Waals surface area contributed by atoms with Crippen molar-refractivity contribution in [1.82, 2.24) is 0 Å². The maximum absolute atomic E-state index is 5.72. The lowest BCUT2D eigenvalue weighted by Crippen LogP contribution is -2.30. The van der Waals surface area contributed by atoms with Gasteiger partial charge >= 0.3 is 0 Å². The molecule has 0 radical (unpaired) electrons. The molecule has 4 heteroatoms. The van der Waals surface area contributed by atoms with Gasteiger partial charge in [-0.2, -0.15) is 12.6 Å². The normalized spacial score (nSPS) is 12.9. The van der Waals surface area contributed by atoms with Crippen LogP contribution in [0.15, 0.2) is 0 Å². The first-order valence-corrected chi connectivity index (χ1v) is 7.93. The minimum Gasteiger partial charge on any atom is -0.354 e. The van der Waals surface area contributed by atoms with Crippen LogP contribution in [0.5, 0.6) is 0 Å². The molecule has 0 N–H and O–H groups in total. The van der Waals surface area contributed by atoms with Gasteiger partial charge in [0.25, 0.3) is 0 Å². The highest BCUT2D eigenvalue weighted by Gasteiger charge is 2.13. The maximum atomic E-state index is 5.72. The van der Waals surface area contributed by atoms with Crippen LogP contribution >= 0.6 is 12.6 Å². The first kappa shape index (κ1) is 14.5. The summed E-state index contributed by atoms with van der Waals surface area (Å²) < 4.78 is 11.4. The van der Waals surface area contributed by atoms with Gasteiger partial charge in [-0.3, -0.25) is 0 Å². The Morgan fingerprint density at radius 1 is 1.07 bits per heavy atom. The predicted molar refractivity (Wildman–Crippen MR) is 68.1 cm³/mol. The molecule has 0 saturated carbocycles. The van der Waals surface area contributed by atoms with Gasteiger partial charge in [0, 0.05) is 0 Å². The van der Waals surface area contributed by atoms with Crippen molar-refractivity contribution < 1.29 is 9.47 Å². The van der Waals surface area contributed by atoms with Crippen LogP contribution in [0.25, 0.3) is 0 Å². The number of ether oxygens (including phenoxy) is 2. The molecule has 0 aliphatic heterocycles. The Labute approximate surface area is 96.0 Å². The van der Waals surface area contributed by atoms with Crippen molar-refractivity contribution in [2.45, 2.75) is 58.3 Å². The summed E-state index contributed by atoms with van der Waals surface area (Å²) in [5.74, 6) is 1.07. The zero-order chi connectivity index (χ0) is 11.0. The van der Waals surface area contributed by atoms with Crippen LogP contribution in [0.3, 0.4) is 0 Å². The molecule has 0 aromatic heterocycles. The highest BCUT2D eigenvalue weighted by atomic mass is 32.1. The molecule has 0 aliphatic carbocycles. The average molecular weight is 236 g/mol. The minimum absolute atomic E-state index is 0.0925. The van der Waals surface area contributed by atoms with Crippen LogP contribution in [0.2, 0.25) is 6.04 Å². The fourth-order valence-electron chi connectivity index (χ4n) is 1.20. The molecule has 0 aromatic carbocycles. The van der Waals surface area contributed by atoms with E-state index in [0.29, 0.717) is 0 Å². The van der Waals surface area contributed by atoms with Crippen LogP contribution in [0.4, 0.5) is 0 Å². The molecule has 0 spiro atoms. The molecule has 0 bridgehead atoms. The fourth-order valence-corrected chi connectivity index (χ4v) is 3.76. The van der Waals surface area contributed by atoms with Gasteiger partial charge in [0.15, 0.2) is 0 Å². The van der Waals surface area contributed by atoms with Gasteiger partial charge in [-0.1, -0.05) is 6.04 Å². The van der Waals surface area contributed by atoms with Crippen LogP contribution < -0.4 is 0 Å². The second-order valence-electron chi connectivity index (χ2n) is 4.02. The Morgan fingerprint density at radius 2 is 1.57 bits per heavy atom. The molecule has 86 valence electrons. The van der Waals surface area contributed by atoms with Crippen molar-refractivity contribution in [3.8, 4) is 0 Å². The molecule has 0 unspecified atom stereocenters. The number of hydrogen-bond acceptors (Lipinski definition) is 3. The van der Waals surface area contributed by atoms with E-state index in [1.807, 2.05) is 0 Å². The number of thiol groups is 1. The first-order chi connectivity index (χ1) is 6.56. The van der Waals surface area contributed by atoms with Crippen LogP contribution in [-0.2, 0) is 9.47 Å². The molecular weight excluding hydrogens is 212 g/mol. The van der Waals surface area contributed by atoms with Gasteiger partial charge in [0.05, 0.1) is 21.7 Å². The third-order valence-corrected chi connectivity index (χ3v) is 3.78. The van der Waals surface area contributed by atoms with E-state index in [-0.39, 0.29) is 27.6 Å². The van der Waals surface area contributed by atoms with Gasteiger partial charge in [-0.15, -0.1) is 0 Å². The van der Waals surface area contributed by atoms with E-state index in [1.165, 1.54) is 12.5 Å². The summed E-state index contributed by atoms with van der Waals surface area (Å²) in [5, 5.41) is 0. The highest BCUT2D eigenvalue weighted by molar-refractivity contribution is 7.80. The van der Waals surface area contributed by atoms with Crippen LogP contribution in [-0.4, -0.2) is 33.4 Å². The summed E-state index contributed by atoms with van der Waals surface area (Å²) >= 11 is 4.20. The lowest BCUT2D eigenvalue weighted by molar-refractivity contribution is -0.134. The largest absolute Gasteiger partial charge is 0.354 e. The number of rotatable bonds is 8. The second-order valence-corrected chi connectivity index (χ2v) is 6.42. The van der Waals surface area contributed by atoms with Gasteiger partial charge in [-0.25, -0.2) is 0 Å². The molecule has 0 aliphatic rings. The van der Waals surface area contributed by atoms with Gasteiger partial charge in [0.2, 0.25) is 0 Å². The van der Waals surface area contributed by atoms with Crippen molar-refractivity contribution in [2.24, 2.45) is 0 Å². The van der Waals surface area contributed by atoms with E-state index in [4.69, 9.17) is 9.47 Å². The topological polar surface area (TPSA) is 18.5 Å². The average Bonchev–Trinajstić information content (AvgIpc) is 2.02. The van der Waals surface area contributed by atoms with Crippen molar-refractivity contribution in [3.63, 3.8) is 0 Å². The highest BCUT2D eigenvalue weighted by Crippen LogP contribution is 2.05. The monoisotopic (exact) mass is 236 g/mol. The lowest BCUT2D eigenvalue weighted by atomic mass is 10.5. The first-order valence-electron chi connectivity index (χ1n) is 5.48. The SMILES string of the molecule is CC(C)OC(OC(C)C)[SiH2]CCCS. The van der Waals surface area contributed by atoms with Crippen LogP contribution in [0.1, 0.15) is 34.1 Å². The fraction of sp³-hybridized carbons (Fsp3) is 1.00. The molecule has 0 rings (SSSR count). The van der Waals surface area contributed by atoms with Gasteiger partial charge in [-0.05, 0) is 39.9 Å². The summed E-state index contributed by atoms with van der Waals surface area (Å²) in [6.45, 7) is 8.24. The van der Waals surface area contributed by atoms with E-state index in [1.54, 1.807) is 0 Å². The summed E-state index contributed by atoms with van der Waals surface area (Å²) in [6, 6.07) is 1.26. The Balaban J connectivity index is 3.72. The number of hydrogen-bond donors (Lipinski definition) is 1. The molecule has 0 fully saturated rings. The van der Waals surface area contributed by atoms with Gasteiger partial charge < -0.3 is 9.47 Å². The Hall–Kier alpha value is 0.487. The standard InChI is InChI=1S/C10H24O2SSi/c1-8(2)11-10(12-9(3)4)14-7-5-6-13/h8-10,13H,5-7,14H2,1-4H3. The van der Waals surface area contributed by atoms with E-state index >= 15 is 0 Å². The summed E-state index contributed by atoms with van der Waals surface area (Å²) in [7, 11) is -0.265. The van der Waals surface area contributed by atoms with Crippen molar-refractivity contribution in [2.75, 3.05) is 5.75 Å². The Bertz CT molecular complexity index is 121. The third kappa shape index (κ3) is 9.06. The summed E-state index contributed by atoms with van der Waals surface area (Å²) in [5.41, 5.74) is 0. The Morgan fingerprint density at radius 3 is 1.93 bits per heavy atom. The zero-order valence-electron chi connectivity index (χ0n) is 9.82. The van der Waals surface area contributed by atoms with E-state index < -0.39 is 0 Å². The molecule has 0 heterocycles. The van der Waals surface area contributed by atoms with Crippen molar-refractivity contribution in [3.05, 3.63) is 0 Å². The van der Waals surface area contributed by atoms with E-state index in [0.717, 1.165) is 5.75 Å². The maximum Gasteiger partial charge on any atom is 0.135 e. The molecule has 2 nitrogen and oxygen atoms in total. The summed E-state index contributed by atoms with van der Waals surface area (Å²) in [4.78, 5) is 0. The smallest absolute Gasteiger partial charge is 0.135 e. The molecule has 0 aromatic rings. The summed E-state index contributed by atoms with van der Waals surface area (Å²) in [6.07, 6.45) is 1.72.